The number of hydrogen-bond donors (Lipinski definition) is 2. The molecule has 6 heteroatoms. The Balaban J connectivity index is 2.72. The molecule has 2 rings (SSSR count). The van der Waals surface area contributed by atoms with Crippen molar-refractivity contribution in [2.45, 2.75) is 27.2 Å². The van der Waals surface area contributed by atoms with Gasteiger partial charge in [-0.25, -0.2) is 0 Å². The van der Waals surface area contributed by atoms with E-state index in [0.29, 0.717) is 22.9 Å². The lowest BCUT2D eigenvalue weighted by molar-refractivity contribution is 0.639. The van der Waals surface area contributed by atoms with Gasteiger partial charge in [0.1, 0.15) is 5.69 Å². The maximum Gasteiger partial charge on any atom is 0.204 e. The first-order valence-corrected chi connectivity index (χ1v) is 5.26. The highest BCUT2D eigenvalue weighted by atomic mass is 15.5. The minimum absolute atomic E-state index is 0.464. The van der Waals surface area contributed by atoms with Crippen molar-refractivity contribution in [3.63, 3.8) is 0 Å². The summed E-state index contributed by atoms with van der Waals surface area (Å²) in [6.45, 7) is 6.23. The summed E-state index contributed by atoms with van der Waals surface area (Å²) in [4.78, 5) is 0. The maximum atomic E-state index is 6.02. The molecule has 0 unspecified atom stereocenters. The molecular formula is C10H16N6. The van der Waals surface area contributed by atoms with E-state index >= 15 is 0 Å². The molecule has 0 spiro atoms. The lowest BCUT2D eigenvalue weighted by Gasteiger charge is -2.14. The highest BCUT2D eigenvalue weighted by molar-refractivity contribution is 5.80. The molecule has 86 valence electrons. The van der Waals surface area contributed by atoms with Crippen LogP contribution in [0.1, 0.15) is 25.1 Å². The number of nitrogen functional groups attached to an aromatic ring is 2. The SMILES string of the molecule is Cc1c(CC(C)C)c(N)c(N)c2nnnn12. The van der Waals surface area contributed by atoms with Gasteiger partial charge in [-0.2, -0.15) is 4.52 Å². The average molecular weight is 220 g/mol. The van der Waals surface area contributed by atoms with E-state index in [9.17, 15) is 0 Å². The highest BCUT2D eigenvalue weighted by Crippen LogP contribution is 2.28. The van der Waals surface area contributed by atoms with Gasteiger partial charge in [-0.15, -0.1) is 5.10 Å². The Hall–Kier alpha value is -1.85. The molecule has 0 aliphatic heterocycles. The lowest BCUT2D eigenvalue weighted by atomic mass is 9.99. The average Bonchev–Trinajstić information content (AvgIpc) is 2.70. The van der Waals surface area contributed by atoms with Crippen molar-refractivity contribution in [1.29, 1.82) is 0 Å². The van der Waals surface area contributed by atoms with Crippen molar-refractivity contribution in [3.8, 4) is 0 Å². The Morgan fingerprint density at radius 2 is 1.94 bits per heavy atom. The number of nitrogens with two attached hydrogens (primary N) is 2. The molecule has 4 N–H and O–H groups in total. The fourth-order valence-electron chi connectivity index (χ4n) is 1.85. The van der Waals surface area contributed by atoms with Gasteiger partial charge < -0.3 is 11.5 Å². The van der Waals surface area contributed by atoms with Crippen LogP contribution in [0.4, 0.5) is 11.4 Å². The van der Waals surface area contributed by atoms with E-state index in [0.717, 1.165) is 17.7 Å². The van der Waals surface area contributed by atoms with E-state index < -0.39 is 0 Å². The van der Waals surface area contributed by atoms with Crippen molar-refractivity contribution in [3.05, 3.63) is 11.3 Å². The van der Waals surface area contributed by atoms with Crippen molar-refractivity contribution < 1.29 is 0 Å². The van der Waals surface area contributed by atoms with Crippen LogP contribution in [-0.2, 0) is 6.42 Å². The maximum absolute atomic E-state index is 6.02. The molecule has 0 radical (unpaired) electrons. The first-order valence-electron chi connectivity index (χ1n) is 5.26. The van der Waals surface area contributed by atoms with Gasteiger partial charge in [0.05, 0.1) is 5.69 Å². The van der Waals surface area contributed by atoms with Crippen LogP contribution >= 0.6 is 0 Å². The summed E-state index contributed by atoms with van der Waals surface area (Å²) < 4.78 is 1.64. The second kappa shape index (κ2) is 3.62. The van der Waals surface area contributed by atoms with Crippen LogP contribution in [0.25, 0.3) is 5.65 Å². The van der Waals surface area contributed by atoms with Gasteiger partial charge in [0.25, 0.3) is 0 Å². The molecule has 2 aromatic heterocycles. The number of rotatable bonds is 2. The van der Waals surface area contributed by atoms with Crippen molar-refractivity contribution >= 4 is 17.0 Å². The number of aromatic nitrogens is 4. The molecule has 0 amide bonds. The molecule has 0 atom stereocenters. The number of anilines is 2. The fourth-order valence-corrected chi connectivity index (χ4v) is 1.85. The van der Waals surface area contributed by atoms with E-state index in [1.807, 2.05) is 6.92 Å². The van der Waals surface area contributed by atoms with E-state index in [-0.39, 0.29) is 0 Å². The monoisotopic (exact) mass is 220 g/mol. The molecule has 2 aromatic rings. The number of fused-ring (bicyclic) bond motifs is 1. The topological polar surface area (TPSA) is 95.1 Å². The zero-order valence-corrected chi connectivity index (χ0v) is 9.73. The van der Waals surface area contributed by atoms with Crippen molar-refractivity contribution in [1.82, 2.24) is 20.0 Å². The lowest BCUT2D eigenvalue weighted by Crippen LogP contribution is -2.10. The Labute approximate surface area is 93.6 Å². The standard InChI is InChI=1S/C10H16N6/c1-5(2)4-7-6(3)16-10(13-14-15-16)9(12)8(7)11/h5H,4,11-12H2,1-3H3. The fraction of sp³-hybridized carbons (Fsp3) is 0.500. The molecule has 0 aliphatic carbocycles. The Morgan fingerprint density at radius 1 is 1.25 bits per heavy atom. The van der Waals surface area contributed by atoms with Crippen LogP contribution in [0.2, 0.25) is 0 Å². The Kier molecular flexibility index (Phi) is 2.41. The van der Waals surface area contributed by atoms with E-state index in [4.69, 9.17) is 11.5 Å². The normalized spacial score (nSPS) is 11.5. The Bertz CT molecular complexity index is 528. The highest BCUT2D eigenvalue weighted by Gasteiger charge is 2.16. The summed E-state index contributed by atoms with van der Waals surface area (Å²) in [7, 11) is 0. The second-order valence-electron chi connectivity index (χ2n) is 4.40. The molecule has 2 heterocycles. The zero-order valence-electron chi connectivity index (χ0n) is 9.73. The first-order chi connectivity index (χ1) is 7.52. The predicted octanol–water partition coefficient (Wildman–Crippen LogP) is 0.796. The first kappa shape index (κ1) is 10.7. The molecule has 0 aliphatic rings. The van der Waals surface area contributed by atoms with Crippen LogP contribution in [0.3, 0.4) is 0 Å². The molecule has 6 nitrogen and oxygen atoms in total. The Morgan fingerprint density at radius 3 is 2.56 bits per heavy atom. The van der Waals surface area contributed by atoms with Crippen LogP contribution in [-0.4, -0.2) is 20.0 Å². The predicted molar refractivity (Wildman–Crippen MR) is 62.9 cm³/mol. The molecule has 16 heavy (non-hydrogen) atoms. The summed E-state index contributed by atoms with van der Waals surface area (Å²) in [5.74, 6) is 0.509. The molecular weight excluding hydrogens is 204 g/mol. The number of pyridine rings is 1. The minimum atomic E-state index is 0.464. The third kappa shape index (κ3) is 1.46. The van der Waals surface area contributed by atoms with Crippen LogP contribution in [0, 0.1) is 12.8 Å². The smallest absolute Gasteiger partial charge is 0.204 e. The summed E-state index contributed by atoms with van der Waals surface area (Å²) in [5, 5.41) is 11.4. The molecule has 0 saturated carbocycles. The molecule has 0 aromatic carbocycles. The van der Waals surface area contributed by atoms with Gasteiger partial charge in [-0.1, -0.05) is 13.8 Å². The number of nitrogens with zero attached hydrogens (tertiary/aromatic N) is 4. The number of aryl methyl sites for hydroxylation is 1. The molecule has 0 fully saturated rings. The third-order valence-corrected chi connectivity index (χ3v) is 2.69. The molecule has 0 saturated heterocycles. The summed E-state index contributed by atoms with van der Waals surface area (Å²) in [5.41, 5.74) is 15.5. The van der Waals surface area contributed by atoms with Gasteiger partial charge >= 0.3 is 0 Å². The van der Waals surface area contributed by atoms with Crippen LogP contribution in [0.5, 0.6) is 0 Å². The van der Waals surface area contributed by atoms with Gasteiger partial charge in [0.2, 0.25) is 5.65 Å². The van der Waals surface area contributed by atoms with Crippen molar-refractivity contribution in [2.24, 2.45) is 5.92 Å². The summed E-state index contributed by atoms with van der Waals surface area (Å²) in [6.07, 6.45) is 0.873. The van der Waals surface area contributed by atoms with Gasteiger partial charge in [-0.3, -0.25) is 0 Å². The van der Waals surface area contributed by atoms with Gasteiger partial charge in [0.15, 0.2) is 0 Å². The van der Waals surface area contributed by atoms with Gasteiger partial charge in [0, 0.05) is 5.69 Å². The third-order valence-electron chi connectivity index (χ3n) is 2.69. The quantitative estimate of drug-likeness (QED) is 0.780. The van der Waals surface area contributed by atoms with E-state index in [2.05, 4.69) is 29.4 Å². The number of tetrazole rings is 1. The van der Waals surface area contributed by atoms with E-state index in [1.54, 1.807) is 4.52 Å². The van der Waals surface area contributed by atoms with E-state index in [1.165, 1.54) is 0 Å². The summed E-state index contributed by atoms with van der Waals surface area (Å²) in [6, 6.07) is 0. The molecule has 0 bridgehead atoms. The number of hydrogen-bond acceptors (Lipinski definition) is 5. The summed E-state index contributed by atoms with van der Waals surface area (Å²) >= 11 is 0. The van der Waals surface area contributed by atoms with Crippen LogP contribution < -0.4 is 11.5 Å². The second-order valence-corrected chi connectivity index (χ2v) is 4.40. The largest absolute Gasteiger partial charge is 0.397 e. The van der Waals surface area contributed by atoms with Crippen molar-refractivity contribution in [2.75, 3.05) is 11.5 Å². The minimum Gasteiger partial charge on any atom is -0.397 e. The zero-order chi connectivity index (χ0) is 11.9. The van der Waals surface area contributed by atoms with Crippen LogP contribution in [0.15, 0.2) is 0 Å². The van der Waals surface area contributed by atoms with Gasteiger partial charge in [-0.05, 0) is 35.3 Å².